The number of aliphatic hydroxyl groups excluding tert-OH is 1. The van der Waals surface area contributed by atoms with E-state index in [9.17, 15) is 5.11 Å². The summed E-state index contributed by atoms with van der Waals surface area (Å²) in [4.78, 5) is 0. The molecule has 0 aromatic carbocycles. The van der Waals surface area contributed by atoms with Crippen LogP contribution in [0.3, 0.4) is 0 Å². The zero-order valence-corrected chi connectivity index (χ0v) is 20.7. The summed E-state index contributed by atoms with van der Waals surface area (Å²) in [7, 11) is 0. The van der Waals surface area contributed by atoms with Gasteiger partial charge in [0.25, 0.3) is 0 Å². The maximum Gasteiger partial charge on any atom is 0.0577 e. The second kappa shape index (κ2) is 8.42. The summed E-state index contributed by atoms with van der Waals surface area (Å²) in [6.07, 6.45) is 19.1. The molecule has 170 valence electrons. The molecule has 0 bridgehead atoms. The molecule has 0 heterocycles. The summed E-state index contributed by atoms with van der Waals surface area (Å²) in [6.45, 7) is 14.8. The van der Waals surface area contributed by atoms with E-state index < -0.39 is 0 Å². The van der Waals surface area contributed by atoms with Gasteiger partial charge in [0.15, 0.2) is 0 Å². The van der Waals surface area contributed by atoms with E-state index >= 15 is 0 Å². The van der Waals surface area contributed by atoms with Crippen LogP contribution in [0.25, 0.3) is 0 Å². The van der Waals surface area contributed by atoms with Crippen molar-refractivity contribution in [3.63, 3.8) is 0 Å². The standard InChI is InChI=1S/C29H48O/c1-7-21(19(2)3)9-8-20(4)25-12-13-26-24-11-10-22-18-23(30)14-16-28(22,5)27(24)15-17-29(25,26)6/h8-10,19-21,23-27,30H,7,11-18H2,1-6H3/t20-,21-,23-,24+,25-,26+,27+,28+,29-/m1/s1. The summed E-state index contributed by atoms with van der Waals surface area (Å²) < 4.78 is 0. The van der Waals surface area contributed by atoms with Crippen molar-refractivity contribution in [2.24, 2.45) is 52.3 Å². The lowest BCUT2D eigenvalue weighted by Crippen LogP contribution is -2.50. The third-order valence-corrected chi connectivity index (χ3v) is 10.8. The van der Waals surface area contributed by atoms with Crippen molar-refractivity contribution >= 4 is 0 Å². The van der Waals surface area contributed by atoms with E-state index in [1.54, 1.807) is 5.57 Å². The first-order valence-electron chi connectivity index (χ1n) is 13.3. The minimum atomic E-state index is -0.0870. The van der Waals surface area contributed by atoms with Crippen LogP contribution >= 0.6 is 0 Å². The van der Waals surface area contributed by atoms with E-state index in [1.807, 2.05) is 0 Å². The van der Waals surface area contributed by atoms with Crippen molar-refractivity contribution in [2.75, 3.05) is 0 Å². The minimum absolute atomic E-state index is 0.0870. The number of allylic oxidation sites excluding steroid dienone is 3. The Labute approximate surface area is 186 Å². The molecule has 0 radical (unpaired) electrons. The maximum atomic E-state index is 10.2. The van der Waals surface area contributed by atoms with Gasteiger partial charge in [-0.1, -0.05) is 65.3 Å². The average Bonchev–Trinajstić information content (AvgIpc) is 3.06. The molecular formula is C29H48O. The molecule has 1 nitrogen and oxygen atoms in total. The fourth-order valence-corrected chi connectivity index (χ4v) is 8.83. The van der Waals surface area contributed by atoms with Crippen molar-refractivity contribution in [3.05, 3.63) is 23.8 Å². The quantitative estimate of drug-likeness (QED) is 0.457. The van der Waals surface area contributed by atoms with Crippen LogP contribution in [0.1, 0.15) is 99.3 Å². The average molecular weight is 413 g/mol. The lowest BCUT2D eigenvalue weighted by molar-refractivity contribution is -0.0540. The largest absolute Gasteiger partial charge is 0.393 e. The first-order valence-corrected chi connectivity index (χ1v) is 13.3. The van der Waals surface area contributed by atoms with Gasteiger partial charge in [0.1, 0.15) is 0 Å². The van der Waals surface area contributed by atoms with Crippen molar-refractivity contribution in [2.45, 2.75) is 105 Å². The third kappa shape index (κ3) is 3.66. The Morgan fingerprint density at radius 2 is 1.80 bits per heavy atom. The maximum absolute atomic E-state index is 10.2. The summed E-state index contributed by atoms with van der Waals surface area (Å²) in [5, 5.41) is 10.2. The lowest BCUT2D eigenvalue weighted by Gasteiger charge is -2.58. The number of aliphatic hydroxyl groups is 1. The third-order valence-electron chi connectivity index (χ3n) is 10.8. The Bertz CT molecular complexity index is 674. The normalized spacial score (nSPS) is 45.6. The molecule has 9 atom stereocenters. The highest BCUT2D eigenvalue weighted by atomic mass is 16.3. The van der Waals surface area contributed by atoms with Crippen LogP contribution < -0.4 is 0 Å². The van der Waals surface area contributed by atoms with E-state index in [4.69, 9.17) is 0 Å². The molecule has 30 heavy (non-hydrogen) atoms. The monoisotopic (exact) mass is 412 g/mol. The molecule has 0 amide bonds. The van der Waals surface area contributed by atoms with Gasteiger partial charge in [0, 0.05) is 0 Å². The molecule has 0 spiro atoms. The zero-order chi connectivity index (χ0) is 21.7. The second-order valence-corrected chi connectivity index (χ2v) is 12.4. The highest BCUT2D eigenvalue weighted by Gasteiger charge is 2.58. The smallest absolute Gasteiger partial charge is 0.0577 e. The molecule has 1 heteroatoms. The first-order chi connectivity index (χ1) is 14.2. The van der Waals surface area contributed by atoms with Crippen LogP contribution in [0, 0.1) is 52.3 Å². The van der Waals surface area contributed by atoms with Crippen LogP contribution in [0.15, 0.2) is 23.8 Å². The van der Waals surface area contributed by atoms with Gasteiger partial charge in [0.05, 0.1) is 6.10 Å². The van der Waals surface area contributed by atoms with Gasteiger partial charge in [-0.25, -0.2) is 0 Å². The molecule has 3 fully saturated rings. The first kappa shape index (κ1) is 22.6. The van der Waals surface area contributed by atoms with Gasteiger partial charge in [0.2, 0.25) is 0 Å². The Morgan fingerprint density at radius 3 is 2.50 bits per heavy atom. The van der Waals surface area contributed by atoms with Gasteiger partial charge in [-0.2, -0.15) is 0 Å². The number of hydrogen-bond donors (Lipinski definition) is 1. The highest BCUT2D eigenvalue weighted by Crippen LogP contribution is 2.67. The van der Waals surface area contributed by atoms with E-state index in [1.165, 1.54) is 44.9 Å². The Kier molecular flexibility index (Phi) is 6.35. The van der Waals surface area contributed by atoms with Gasteiger partial charge in [-0.3, -0.25) is 0 Å². The van der Waals surface area contributed by atoms with Gasteiger partial charge >= 0.3 is 0 Å². The Morgan fingerprint density at radius 1 is 1.03 bits per heavy atom. The Balaban J connectivity index is 1.52. The molecule has 0 aliphatic heterocycles. The number of hydrogen-bond acceptors (Lipinski definition) is 1. The molecule has 0 aromatic rings. The number of rotatable bonds is 5. The lowest BCUT2D eigenvalue weighted by atomic mass is 9.47. The topological polar surface area (TPSA) is 20.2 Å². The van der Waals surface area contributed by atoms with E-state index in [2.05, 4.69) is 59.8 Å². The van der Waals surface area contributed by atoms with Gasteiger partial charge in [-0.05, 0) is 110 Å². The molecule has 0 unspecified atom stereocenters. The van der Waals surface area contributed by atoms with Crippen LogP contribution in [0.4, 0.5) is 0 Å². The van der Waals surface area contributed by atoms with Gasteiger partial charge < -0.3 is 5.11 Å². The highest BCUT2D eigenvalue weighted by molar-refractivity contribution is 5.25. The van der Waals surface area contributed by atoms with Crippen LogP contribution in [0.5, 0.6) is 0 Å². The van der Waals surface area contributed by atoms with Crippen LogP contribution in [-0.4, -0.2) is 11.2 Å². The molecule has 4 aliphatic carbocycles. The van der Waals surface area contributed by atoms with Crippen LogP contribution in [-0.2, 0) is 0 Å². The molecule has 4 aliphatic rings. The summed E-state index contributed by atoms with van der Waals surface area (Å²) in [6, 6.07) is 0. The van der Waals surface area contributed by atoms with Crippen molar-refractivity contribution in [1.29, 1.82) is 0 Å². The van der Waals surface area contributed by atoms with Crippen molar-refractivity contribution in [1.82, 2.24) is 0 Å². The van der Waals surface area contributed by atoms with E-state index in [0.29, 0.717) is 16.7 Å². The van der Waals surface area contributed by atoms with Gasteiger partial charge in [-0.15, -0.1) is 0 Å². The predicted octanol–water partition coefficient (Wildman–Crippen LogP) is 7.80. The second-order valence-electron chi connectivity index (χ2n) is 12.4. The SMILES string of the molecule is CC[C@H](C=C[C@@H](C)[C@H]1CC[C@H]2[C@@H]3CC=C4C[C@H](O)CC[C@]4(C)[C@H]3CC[C@]12C)C(C)C. The molecule has 3 saturated carbocycles. The molecule has 0 saturated heterocycles. The van der Waals surface area contributed by atoms with Crippen molar-refractivity contribution < 1.29 is 5.11 Å². The zero-order valence-electron chi connectivity index (χ0n) is 20.7. The molecular weight excluding hydrogens is 364 g/mol. The number of fused-ring (bicyclic) bond motifs is 5. The Hall–Kier alpha value is -0.560. The summed E-state index contributed by atoms with van der Waals surface area (Å²) in [5.74, 6) is 5.70. The fraction of sp³-hybridized carbons (Fsp3) is 0.862. The minimum Gasteiger partial charge on any atom is -0.393 e. The van der Waals surface area contributed by atoms with Crippen molar-refractivity contribution in [3.8, 4) is 0 Å². The summed E-state index contributed by atoms with van der Waals surface area (Å²) >= 11 is 0. The van der Waals surface area contributed by atoms with Crippen LogP contribution in [0.2, 0.25) is 0 Å². The molecule has 1 N–H and O–H groups in total. The fourth-order valence-electron chi connectivity index (χ4n) is 8.83. The van der Waals surface area contributed by atoms with E-state index in [0.717, 1.165) is 48.3 Å². The molecule has 0 aromatic heterocycles. The van der Waals surface area contributed by atoms with E-state index in [-0.39, 0.29) is 6.10 Å². The predicted molar refractivity (Wildman–Crippen MR) is 128 cm³/mol. The molecule has 4 rings (SSSR count). The summed E-state index contributed by atoms with van der Waals surface area (Å²) in [5.41, 5.74) is 2.51.